The second-order valence-corrected chi connectivity index (χ2v) is 6.93. The van der Waals surface area contributed by atoms with Crippen molar-refractivity contribution in [3.05, 3.63) is 0 Å². The maximum Gasteiger partial charge on any atom is 0.306 e. The molecule has 0 aromatic heterocycles. The Labute approximate surface area is 168 Å². The third-order valence-corrected chi connectivity index (χ3v) is 4.15. The Balaban J connectivity index is 0. The molecule has 0 aliphatic carbocycles. The quantitative estimate of drug-likeness (QED) is 0.192. The van der Waals surface area contributed by atoms with Crippen molar-refractivity contribution < 1.29 is 39.9 Å². The molecule has 0 aliphatic rings. The smallest absolute Gasteiger partial charge is 0.306 e. The number of carbonyl (C=O) groups is 2. The van der Waals surface area contributed by atoms with Crippen LogP contribution in [0.15, 0.2) is 0 Å². The van der Waals surface area contributed by atoms with Gasteiger partial charge in [-0.3, -0.25) is 9.59 Å². The lowest BCUT2D eigenvalue weighted by Gasteiger charge is -2.14. The molecule has 0 aliphatic heterocycles. The van der Waals surface area contributed by atoms with Gasteiger partial charge in [-0.1, -0.05) is 52.4 Å². The van der Waals surface area contributed by atoms with E-state index in [1.807, 2.05) is 6.92 Å². The number of unbranched alkanes of at least 4 members (excludes halogenated alkanes) is 5. The average Bonchev–Trinajstić information content (AvgIpc) is 2.69. The molecule has 168 valence electrons. The maximum atomic E-state index is 11.1. The molecule has 0 saturated heterocycles. The Morgan fingerprint density at radius 1 is 0.857 bits per heavy atom. The van der Waals surface area contributed by atoms with Crippen LogP contribution >= 0.6 is 0 Å². The zero-order valence-corrected chi connectivity index (χ0v) is 17.4. The molecule has 0 bridgehead atoms. The van der Waals surface area contributed by atoms with Crippen LogP contribution in [0.3, 0.4) is 0 Å². The van der Waals surface area contributed by atoms with Crippen LogP contribution in [0.1, 0.15) is 78.1 Å². The van der Waals surface area contributed by atoms with Crippen molar-refractivity contribution in [1.82, 2.24) is 0 Å². The molecule has 3 unspecified atom stereocenters. The van der Waals surface area contributed by atoms with E-state index in [0.29, 0.717) is 12.8 Å². The highest BCUT2D eigenvalue weighted by atomic mass is 16.5. The first-order valence-electron chi connectivity index (χ1n) is 10.3. The molecule has 28 heavy (non-hydrogen) atoms. The molecular formula is C20H40O8. The number of carboxylic acids is 1. The number of esters is 1. The fourth-order valence-corrected chi connectivity index (χ4v) is 2.38. The van der Waals surface area contributed by atoms with E-state index in [-0.39, 0.29) is 32.2 Å². The number of carboxylic acid groups (broad SMARTS) is 1. The molecule has 8 heteroatoms. The van der Waals surface area contributed by atoms with Crippen LogP contribution in [-0.2, 0) is 14.3 Å². The summed E-state index contributed by atoms with van der Waals surface area (Å²) >= 11 is 0. The monoisotopic (exact) mass is 408 g/mol. The average molecular weight is 409 g/mol. The van der Waals surface area contributed by atoms with E-state index in [4.69, 9.17) is 30.3 Å². The molecule has 3 atom stereocenters. The number of aliphatic hydroxyl groups excluding tert-OH is 4. The van der Waals surface area contributed by atoms with Crippen LogP contribution in [0.5, 0.6) is 0 Å². The standard InChI is InChI=1S/C11H22O4.C9H18O4/c1-2-3-4-5-6-7-11(14)15-9-10(13)8-12;1-2-3-4-7(9(12)13)5-8(11)6-10/h10,12-13H,2-9H2,1H3;7-8,10-11H,2-6H2,1H3,(H,12,13). The second-order valence-electron chi connectivity index (χ2n) is 6.93. The van der Waals surface area contributed by atoms with Gasteiger partial charge in [0, 0.05) is 6.42 Å². The molecule has 0 amide bonds. The molecule has 5 N–H and O–H groups in total. The van der Waals surface area contributed by atoms with Crippen molar-refractivity contribution in [2.24, 2.45) is 5.92 Å². The van der Waals surface area contributed by atoms with Crippen LogP contribution in [0.4, 0.5) is 0 Å². The lowest BCUT2D eigenvalue weighted by molar-refractivity contribution is -0.147. The van der Waals surface area contributed by atoms with Gasteiger partial charge in [0.25, 0.3) is 0 Å². The predicted octanol–water partition coefficient (Wildman–Crippen LogP) is 1.86. The Morgan fingerprint density at radius 3 is 1.93 bits per heavy atom. The molecule has 0 fully saturated rings. The second kappa shape index (κ2) is 20.5. The van der Waals surface area contributed by atoms with Crippen molar-refractivity contribution >= 4 is 11.9 Å². The van der Waals surface area contributed by atoms with Crippen molar-refractivity contribution in [3.8, 4) is 0 Å². The summed E-state index contributed by atoms with van der Waals surface area (Å²) in [5.41, 5.74) is 0. The van der Waals surface area contributed by atoms with E-state index in [2.05, 4.69) is 6.92 Å². The number of ether oxygens (including phenoxy) is 1. The molecular weight excluding hydrogens is 368 g/mol. The van der Waals surface area contributed by atoms with Gasteiger partial charge in [0.05, 0.1) is 25.2 Å². The van der Waals surface area contributed by atoms with E-state index < -0.39 is 24.1 Å². The van der Waals surface area contributed by atoms with Crippen LogP contribution in [0.25, 0.3) is 0 Å². The minimum absolute atomic E-state index is 0.107. The Morgan fingerprint density at radius 2 is 1.43 bits per heavy atom. The van der Waals surface area contributed by atoms with Gasteiger partial charge in [-0.05, 0) is 19.3 Å². The van der Waals surface area contributed by atoms with Gasteiger partial charge in [0.2, 0.25) is 0 Å². The number of aliphatic carboxylic acids is 1. The molecule has 0 rings (SSSR count). The number of carbonyl (C=O) groups excluding carboxylic acids is 1. The molecule has 0 saturated carbocycles. The van der Waals surface area contributed by atoms with Gasteiger partial charge in [-0.2, -0.15) is 0 Å². The fourth-order valence-electron chi connectivity index (χ4n) is 2.38. The van der Waals surface area contributed by atoms with E-state index >= 15 is 0 Å². The number of hydrogen-bond acceptors (Lipinski definition) is 7. The van der Waals surface area contributed by atoms with Gasteiger partial charge in [0.15, 0.2) is 0 Å². The normalized spacial score (nSPS) is 13.8. The highest BCUT2D eigenvalue weighted by molar-refractivity contribution is 5.70. The largest absolute Gasteiger partial charge is 0.481 e. The van der Waals surface area contributed by atoms with E-state index in [0.717, 1.165) is 32.1 Å². The SMILES string of the molecule is CCCCC(CC(O)CO)C(=O)O.CCCCCCCC(=O)OCC(O)CO. The summed E-state index contributed by atoms with van der Waals surface area (Å²) in [6, 6.07) is 0. The number of aliphatic hydroxyl groups is 4. The minimum Gasteiger partial charge on any atom is -0.481 e. The third kappa shape index (κ3) is 19.5. The van der Waals surface area contributed by atoms with E-state index in [1.165, 1.54) is 12.8 Å². The first kappa shape index (κ1) is 29.0. The number of hydrogen-bond donors (Lipinski definition) is 5. The predicted molar refractivity (Wildman–Crippen MR) is 106 cm³/mol. The molecule has 0 heterocycles. The van der Waals surface area contributed by atoms with Crippen LogP contribution in [-0.4, -0.2) is 69.5 Å². The summed E-state index contributed by atoms with van der Waals surface area (Å²) in [7, 11) is 0. The van der Waals surface area contributed by atoms with Crippen LogP contribution in [0, 0.1) is 5.92 Å². The van der Waals surface area contributed by atoms with Crippen molar-refractivity contribution in [2.45, 2.75) is 90.3 Å². The first-order valence-corrected chi connectivity index (χ1v) is 10.3. The van der Waals surface area contributed by atoms with Gasteiger partial charge in [-0.25, -0.2) is 0 Å². The lowest BCUT2D eigenvalue weighted by Crippen LogP contribution is -2.23. The van der Waals surface area contributed by atoms with Crippen molar-refractivity contribution in [3.63, 3.8) is 0 Å². The van der Waals surface area contributed by atoms with Gasteiger partial charge < -0.3 is 30.3 Å². The highest BCUT2D eigenvalue weighted by Gasteiger charge is 2.20. The summed E-state index contributed by atoms with van der Waals surface area (Å²) in [5, 5.41) is 43.8. The van der Waals surface area contributed by atoms with Crippen LogP contribution in [0.2, 0.25) is 0 Å². The van der Waals surface area contributed by atoms with Gasteiger partial charge in [-0.15, -0.1) is 0 Å². The van der Waals surface area contributed by atoms with Crippen LogP contribution < -0.4 is 0 Å². The molecule has 0 aromatic carbocycles. The Hall–Kier alpha value is -1.22. The first-order chi connectivity index (χ1) is 13.3. The summed E-state index contributed by atoms with van der Waals surface area (Å²) in [6.45, 7) is 3.29. The molecule has 0 spiro atoms. The third-order valence-electron chi connectivity index (χ3n) is 4.15. The molecule has 0 aromatic rings. The number of rotatable bonds is 16. The van der Waals surface area contributed by atoms with Crippen molar-refractivity contribution in [1.29, 1.82) is 0 Å². The van der Waals surface area contributed by atoms with E-state index in [9.17, 15) is 9.59 Å². The lowest BCUT2D eigenvalue weighted by atomic mass is 9.96. The molecule has 0 radical (unpaired) electrons. The Kier molecular flexibility index (Phi) is 21.2. The van der Waals surface area contributed by atoms with Crippen molar-refractivity contribution in [2.75, 3.05) is 19.8 Å². The summed E-state index contributed by atoms with van der Waals surface area (Å²) in [4.78, 5) is 21.7. The summed E-state index contributed by atoms with van der Waals surface area (Å²) in [6.07, 6.45) is 6.49. The minimum atomic E-state index is -0.950. The molecule has 8 nitrogen and oxygen atoms in total. The fraction of sp³-hybridized carbons (Fsp3) is 0.900. The summed E-state index contributed by atoms with van der Waals surface area (Å²) < 4.78 is 4.75. The summed E-state index contributed by atoms with van der Waals surface area (Å²) in [5.74, 6) is -1.71. The Bertz CT molecular complexity index is 375. The topological polar surface area (TPSA) is 145 Å². The maximum absolute atomic E-state index is 11.1. The zero-order chi connectivity index (χ0) is 21.8. The van der Waals surface area contributed by atoms with Gasteiger partial charge in [0.1, 0.15) is 12.7 Å². The van der Waals surface area contributed by atoms with Gasteiger partial charge >= 0.3 is 11.9 Å². The highest BCUT2D eigenvalue weighted by Crippen LogP contribution is 2.15. The zero-order valence-electron chi connectivity index (χ0n) is 17.4. The van der Waals surface area contributed by atoms with E-state index in [1.54, 1.807) is 0 Å².